The molecule has 8 heteroatoms. The summed E-state index contributed by atoms with van der Waals surface area (Å²) in [5, 5.41) is 0.733. The fraction of sp³-hybridized carbons (Fsp3) is 0.364. The SMILES string of the molecule is CN1CCC(c2cn(CC(F)(F)F)c3ccc(OS(=O)c4ccccc4)cc23)CC1. The van der Waals surface area contributed by atoms with Gasteiger partial charge in [0.2, 0.25) is 11.1 Å². The molecule has 1 aromatic heterocycles. The van der Waals surface area contributed by atoms with Crippen LogP contribution in [0.4, 0.5) is 13.2 Å². The third kappa shape index (κ3) is 4.70. The number of piperidine rings is 1. The molecule has 0 saturated carbocycles. The second-order valence-electron chi connectivity index (χ2n) is 7.72. The fourth-order valence-electron chi connectivity index (χ4n) is 3.99. The van der Waals surface area contributed by atoms with E-state index in [1.54, 1.807) is 48.7 Å². The molecule has 0 spiro atoms. The molecule has 30 heavy (non-hydrogen) atoms. The lowest BCUT2D eigenvalue weighted by Crippen LogP contribution is -2.29. The molecule has 4 nitrogen and oxygen atoms in total. The van der Waals surface area contributed by atoms with Crippen LogP contribution in [0.2, 0.25) is 0 Å². The molecule has 1 aliphatic rings. The van der Waals surface area contributed by atoms with E-state index in [0.29, 0.717) is 16.2 Å². The van der Waals surface area contributed by atoms with Crippen molar-refractivity contribution < 1.29 is 21.6 Å². The third-order valence-electron chi connectivity index (χ3n) is 5.50. The number of fused-ring (bicyclic) bond motifs is 1. The standard InChI is InChI=1S/C22H23F3N2O2S/c1-26-11-9-16(10-12-26)20-14-27(15-22(23,24)25)21-8-7-17(13-19(20)21)29-30(28)18-5-3-2-4-6-18/h2-8,13-14,16H,9-12,15H2,1H3. The van der Waals surface area contributed by atoms with Crippen LogP contribution in [0.15, 0.2) is 59.6 Å². The number of likely N-dealkylation sites (tertiary alicyclic amines) is 1. The summed E-state index contributed by atoms with van der Waals surface area (Å²) in [4.78, 5) is 2.76. The van der Waals surface area contributed by atoms with E-state index in [9.17, 15) is 17.4 Å². The van der Waals surface area contributed by atoms with Crippen molar-refractivity contribution in [3.8, 4) is 5.75 Å². The summed E-state index contributed by atoms with van der Waals surface area (Å²) in [5.41, 5.74) is 1.41. The molecule has 1 fully saturated rings. The molecular formula is C22H23F3N2O2S. The Kier molecular flexibility index (Phi) is 5.88. The van der Waals surface area contributed by atoms with Gasteiger partial charge in [-0.2, -0.15) is 13.2 Å². The molecular weight excluding hydrogens is 413 g/mol. The van der Waals surface area contributed by atoms with Crippen LogP contribution in [0.25, 0.3) is 10.9 Å². The van der Waals surface area contributed by atoms with Crippen molar-refractivity contribution in [1.29, 1.82) is 0 Å². The molecule has 0 amide bonds. The molecule has 1 atom stereocenters. The van der Waals surface area contributed by atoms with Crippen LogP contribution in [0.1, 0.15) is 24.3 Å². The van der Waals surface area contributed by atoms with E-state index in [2.05, 4.69) is 4.90 Å². The normalized spacial score (nSPS) is 17.3. The van der Waals surface area contributed by atoms with Crippen molar-refractivity contribution in [2.75, 3.05) is 20.1 Å². The first-order valence-corrected chi connectivity index (χ1v) is 10.9. The first-order chi connectivity index (χ1) is 14.3. The maximum absolute atomic E-state index is 13.1. The number of alkyl halides is 3. The van der Waals surface area contributed by atoms with Crippen molar-refractivity contribution in [2.45, 2.75) is 36.4 Å². The Morgan fingerprint density at radius 2 is 1.80 bits per heavy atom. The molecule has 0 bridgehead atoms. The van der Waals surface area contributed by atoms with Gasteiger partial charge in [-0.1, -0.05) is 18.2 Å². The molecule has 1 saturated heterocycles. The van der Waals surface area contributed by atoms with Crippen LogP contribution in [0, 0.1) is 0 Å². The second-order valence-corrected chi connectivity index (χ2v) is 8.82. The van der Waals surface area contributed by atoms with Crippen LogP contribution in [0.5, 0.6) is 5.75 Å². The average Bonchev–Trinajstić information content (AvgIpc) is 3.05. The monoisotopic (exact) mass is 436 g/mol. The molecule has 0 aliphatic carbocycles. The first-order valence-electron chi connectivity index (χ1n) is 9.83. The van der Waals surface area contributed by atoms with E-state index in [-0.39, 0.29) is 5.92 Å². The van der Waals surface area contributed by atoms with Crippen LogP contribution >= 0.6 is 0 Å². The van der Waals surface area contributed by atoms with Crippen LogP contribution in [-0.2, 0) is 17.6 Å². The Bertz CT molecular complexity index is 1040. The van der Waals surface area contributed by atoms with Crippen LogP contribution in [0.3, 0.4) is 0 Å². The van der Waals surface area contributed by atoms with Crippen LogP contribution in [-0.4, -0.2) is 40.0 Å². The minimum atomic E-state index is -4.31. The van der Waals surface area contributed by atoms with E-state index in [4.69, 9.17) is 4.18 Å². The molecule has 2 heterocycles. The van der Waals surface area contributed by atoms with Gasteiger partial charge in [0.15, 0.2) is 0 Å². The van der Waals surface area contributed by atoms with E-state index in [1.807, 2.05) is 13.1 Å². The molecule has 0 radical (unpaired) electrons. The second kappa shape index (κ2) is 8.43. The van der Waals surface area contributed by atoms with Gasteiger partial charge < -0.3 is 13.7 Å². The molecule has 2 aromatic carbocycles. The van der Waals surface area contributed by atoms with E-state index >= 15 is 0 Å². The van der Waals surface area contributed by atoms with Gasteiger partial charge in [0.1, 0.15) is 12.3 Å². The molecule has 4 rings (SSSR count). The minimum absolute atomic E-state index is 0.188. The van der Waals surface area contributed by atoms with E-state index in [0.717, 1.165) is 36.9 Å². The summed E-state index contributed by atoms with van der Waals surface area (Å²) >= 11 is -1.70. The summed E-state index contributed by atoms with van der Waals surface area (Å²) < 4.78 is 58.7. The first kappa shape index (κ1) is 20.9. The zero-order valence-electron chi connectivity index (χ0n) is 16.6. The van der Waals surface area contributed by atoms with Crippen molar-refractivity contribution in [2.24, 2.45) is 0 Å². The Balaban J connectivity index is 1.69. The lowest BCUT2D eigenvalue weighted by atomic mass is 9.89. The number of hydrogen-bond donors (Lipinski definition) is 0. The summed E-state index contributed by atoms with van der Waals surface area (Å²) in [6.45, 7) is 0.780. The summed E-state index contributed by atoms with van der Waals surface area (Å²) in [6, 6.07) is 13.7. The predicted molar refractivity (Wildman–Crippen MR) is 111 cm³/mol. The maximum Gasteiger partial charge on any atom is 0.406 e. The summed E-state index contributed by atoms with van der Waals surface area (Å²) in [6.07, 6.45) is -0.891. The van der Waals surface area contributed by atoms with Crippen molar-refractivity contribution >= 4 is 22.0 Å². The molecule has 3 aromatic rings. The third-order valence-corrected chi connectivity index (χ3v) is 6.50. The number of benzene rings is 2. The van der Waals surface area contributed by atoms with Gasteiger partial charge in [0.05, 0.1) is 4.90 Å². The van der Waals surface area contributed by atoms with Gasteiger partial charge in [-0.3, -0.25) is 0 Å². The number of halogens is 3. The van der Waals surface area contributed by atoms with Crippen molar-refractivity contribution in [3.63, 3.8) is 0 Å². The van der Waals surface area contributed by atoms with Crippen LogP contribution < -0.4 is 4.18 Å². The van der Waals surface area contributed by atoms with Crippen molar-refractivity contribution in [3.05, 3.63) is 60.3 Å². The molecule has 0 N–H and O–H groups in total. The zero-order chi connectivity index (χ0) is 21.3. The Morgan fingerprint density at radius 1 is 1.10 bits per heavy atom. The van der Waals surface area contributed by atoms with Gasteiger partial charge in [0.25, 0.3) is 0 Å². The predicted octanol–water partition coefficient (Wildman–Crippen LogP) is 5.11. The van der Waals surface area contributed by atoms with Gasteiger partial charge in [-0.25, -0.2) is 4.21 Å². The molecule has 1 unspecified atom stereocenters. The highest BCUT2D eigenvalue weighted by Crippen LogP contribution is 2.37. The average molecular weight is 436 g/mol. The lowest BCUT2D eigenvalue weighted by molar-refractivity contribution is -0.139. The number of aromatic nitrogens is 1. The smallest absolute Gasteiger partial charge is 0.397 e. The zero-order valence-corrected chi connectivity index (χ0v) is 17.4. The summed E-state index contributed by atoms with van der Waals surface area (Å²) in [7, 11) is 2.05. The summed E-state index contributed by atoms with van der Waals surface area (Å²) in [5.74, 6) is 0.566. The van der Waals surface area contributed by atoms with Gasteiger partial charge in [-0.05, 0) is 74.8 Å². The minimum Gasteiger partial charge on any atom is -0.397 e. The highest BCUT2D eigenvalue weighted by Gasteiger charge is 2.30. The quantitative estimate of drug-likeness (QED) is 0.557. The largest absolute Gasteiger partial charge is 0.406 e. The van der Waals surface area contributed by atoms with Crippen molar-refractivity contribution in [1.82, 2.24) is 9.47 Å². The number of rotatable bonds is 5. The molecule has 160 valence electrons. The fourth-order valence-corrected chi connectivity index (χ4v) is 4.75. The van der Waals surface area contributed by atoms with E-state index in [1.165, 1.54) is 4.57 Å². The highest BCUT2D eigenvalue weighted by molar-refractivity contribution is 7.80. The topological polar surface area (TPSA) is 34.5 Å². The number of hydrogen-bond acceptors (Lipinski definition) is 3. The Morgan fingerprint density at radius 3 is 2.47 bits per heavy atom. The van der Waals surface area contributed by atoms with E-state index < -0.39 is 23.8 Å². The van der Waals surface area contributed by atoms with Gasteiger partial charge >= 0.3 is 6.18 Å². The highest BCUT2D eigenvalue weighted by atomic mass is 32.2. The molecule has 1 aliphatic heterocycles. The lowest BCUT2D eigenvalue weighted by Gasteiger charge is -2.28. The number of nitrogens with zero attached hydrogens (tertiary/aromatic N) is 2. The Labute approximate surface area is 175 Å². The Hall–Kier alpha value is -2.32. The van der Waals surface area contributed by atoms with Gasteiger partial charge in [0, 0.05) is 17.1 Å². The maximum atomic E-state index is 13.1. The van der Waals surface area contributed by atoms with Gasteiger partial charge in [-0.15, -0.1) is 0 Å².